The molecule has 0 aliphatic heterocycles. The number of hydrogen-bond donors (Lipinski definition) is 1. The summed E-state index contributed by atoms with van der Waals surface area (Å²) in [6.07, 6.45) is 0. The zero-order valence-corrected chi connectivity index (χ0v) is 13.4. The molecule has 0 aliphatic carbocycles. The van der Waals surface area contributed by atoms with Crippen molar-refractivity contribution in [3.63, 3.8) is 0 Å². The van der Waals surface area contributed by atoms with E-state index in [0.717, 1.165) is 11.1 Å². The predicted molar refractivity (Wildman–Crippen MR) is 89.3 cm³/mol. The van der Waals surface area contributed by atoms with Crippen molar-refractivity contribution >= 4 is 11.9 Å². The standard InChI is InChI=1S/C19H21NO3/c1-14-7-6-10-17(11-14)19(22)23-13-18(21)20-12-15(2)16-8-4-3-5-9-16/h3-11,15H,12-13H2,1-2H3,(H,20,21)/t15-/m0/s1. The third-order valence-corrected chi connectivity index (χ3v) is 3.56. The van der Waals surface area contributed by atoms with Gasteiger partial charge in [-0.1, -0.05) is 55.0 Å². The van der Waals surface area contributed by atoms with Gasteiger partial charge in [-0.05, 0) is 30.5 Å². The predicted octanol–water partition coefficient (Wildman–Crippen LogP) is 3.07. The number of esters is 1. The highest BCUT2D eigenvalue weighted by molar-refractivity contribution is 5.91. The largest absolute Gasteiger partial charge is 0.452 e. The lowest BCUT2D eigenvalue weighted by Gasteiger charge is -2.13. The van der Waals surface area contributed by atoms with Crippen molar-refractivity contribution in [1.82, 2.24) is 5.32 Å². The van der Waals surface area contributed by atoms with E-state index >= 15 is 0 Å². The number of hydrogen-bond acceptors (Lipinski definition) is 3. The highest BCUT2D eigenvalue weighted by atomic mass is 16.5. The van der Waals surface area contributed by atoms with Gasteiger partial charge in [-0.3, -0.25) is 4.79 Å². The molecule has 0 heterocycles. The first-order valence-corrected chi connectivity index (χ1v) is 7.61. The molecule has 0 aliphatic rings. The molecule has 0 spiro atoms. The van der Waals surface area contributed by atoms with Crippen molar-refractivity contribution in [3.8, 4) is 0 Å². The van der Waals surface area contributed by atoms with Crippen molar-refractivity contribution in [1.29, 1.82) is 0 Å². The van der Waals surface area contributed by atoms with E-state index in [4.69, 9.17) is 4.74 Å². The van der Waals surface area contributed by atoms with Gasteiger partial charge in [0.2, 0.25) is 0 Å². The molecule has 4 heteroatoms. The second kappa shape index (κ2) is 8.13. The Morgan fingerprint density at radius 2 is 1.83 bits per heavy atom. The summed E-state index contributed by atoms with van der Waals surface area (Å²) in [5, 5.41) is 2.78. The Labute approximate surface area is 136 Å². The third-order valence-electron chi connectivity index (χ3n) is 3.56. The summed E-state index contributed by atoms with van der Waals surface area (Å²) in [7, 11) is 0. The lowest BCUT2D eigenvalue weighted by Crippen LogP contribution is -2.31. The van der Waals surface area contributed by atoms with Gasteiger partial charge in [0.05, 0.1) is 5.56 Å². The van der Waals surface area contributed by atoms with Crippen LogP contribution >= 0.6 is 0 Å². The molecule has 0 radical (unpaired) electrons. The maximum atomic E-state index is 11.9. The minimum absolute atomic E-state index is 0.202. The molecule has 0 saturated carbocycles. The Balaban J connectivity index is 1.76. The Kier molecular flexibility index (Phi) is 5.92. The average Bonchev–Trinajstić information content (AvgIpc) is 2.58. The quantitative estimate of drug-likeness (QED) is 0.834. The summed E-state index contributed by atoms with van der Waals surface area (Å²) in [6, 6.07) is 17.0. The molecular formula is C19H21NO3. The Morgan fingerprint density at radius 1 is 1.09 bits per heavy atom. The lowest BCUT2D eigenvalue weighted by atomic mass is 10.0. The highest BCUT2D eigenvalue weighted by Crippen LogP contribution is 2.12. The number of nitrogens with one attached hydrogen (secondary N) is 1. The number of carbonyl (C=O) groups is 2. The molecule has 2 rings (SSSR count). The highest BCUT2D eigenvalue weighted by Gasteiger charge is 2.11. The van der Waals surface area contributed by atoms with Gasteiger partial charge >= 0.3 is 5.97 Å². The number of carbonyl (C=O) groups excluding carboxylic acids is 2. The molecule has 120 valence electrons. The topological polar surface area (TPSA) is 55.4 Å². The van der Waals surface area contributed by atoms with Crippen LogP contribution in [-0.2, 0) is 9.53 Å². The summed E-state index contributed by atoms with van der Waals surface area (Å²) in [5.41, 5.74) is 2.58. The van der Waals surface area contributed by atoms with Crippen LogP contribution in [0.3, 0.4) is 0 Å². The molecule has 0 aromatic heterocycles. The van der Waals surface area contributed by atoms with Gasteiger partial charge < -0.3 is 10.1 Å². The van der Waals surface area contributed by atoms with Gasteiger partial charge in [0, 0.05) is 6.54 Å². The Morgan fingerprint density at radius 3 is 2.52 bits per heavy atom. The van der Waals surface area contributed by atoms with Crippen molar-refractivity contribution < 1.29 is 14.3 Å². The molecule has 0 unspecified atom stereocenters. The second-order valence-electron chi connectivity index (χ2n) is 5.56. The maximum Gasteiger partial charge on any atom is 0.338 e. The third kappa shape index (κ3) is 5.25. The van der Waals surface area contributed by atoms with E-state index in [0.29, 0.717) is 12.1 Å². The van der Waals surface area contributed by atoms with Crippen LogP contribution in [0, 0.1) is 6.92 Å². The van der Waals surface area contributed by atoms with Gasteiger partial charge in [0.25, 0.3) is 5.91 Å². The number of rotatable bonds is 6. The van der Waals surface area contributed by atoms with Crippen LogP contribution in [0.4, 0.5) is 0 Å². The monoisotopic (exact) mass is 311 g/mol. The smallest absolute Gasteiger partial charge is 0.338 e. The van der Waals surface area contributed by atoms with Crippen LogP contribution in [0.1, 0.15) is 34.3 Å². The van der Waals surface area contributed by atoms with E-state index in [1.807, 2.05) is 50.2 Å². The van der Waals surface area contributed by atoms with E-state index in [-0.39, 0.29) is 18.4 Å². The van der Waals surface area contributed by atoms with Crippen molar-refractivity contribution in [2.24, 2.45) is 0 Å². The summed E-state index contributed by atoms with van der Waals surface area (Å²) >= 11 is 0. The molecule has 2 aromatic carbocycles. The fraction of sp³-hybridized carbons (Fsp3) is 0.263. The van der Waals surface area contributed by atoms with Crippen molar-refractivity contribution in [2.75, 3.05) is 13.2 Å². The molecule has 1 atom stereocenters. The van der Waals surface area contributed by atoms with Crippen LogP contribution in [0.25, 0.3) is 0 Å². The van der Waals surface area contributed by atoms with E-state index < -0.39 is 5.97 Å². The first-order valence-electron chi connectivity index (χ1n) is 7.61. The van der Waals surface area contributed by atoms with E-state index in [2.05, 4.69) is 5.32 Å². The summed E-state index contributed by atoms with van der Waals surface area (Å²) in [6.45, 7) is 4.17. The van der Waals surface area contributed by atoms with Crippen LogP contribution < -0.4 is 5.32 Å². The molecule has 1 N–H and O–H groups in total. The average molecular weight is 311 g/mol. The normalized spacial score (nSPS) is 11.6. The van der Waals surface area contributed by atoms with Gasteiger partial charge in [0.1, 0.15) is 0 Å². The maximum absolute atomic E-state index is 11.9. The lowest BCUT2D eigenvalue weighted by molar-refractivity contribution is -0.124. The molecule has 0 fully saturated rings. The van der Waals surface area contributed by atoms with Gasteiger partial charge in [-0.15, -0.1) is 0 Å². The van der Waals surface area contributed by atoms with Gasteiger partial charge in [0.15, 0.2) is 6.61 Å². The van der Waals surface area contributed by atoms with Crippen LogP contribution in [0.2, 0.25) is 0 Å². The van der Waals surface area contributed by atoms with E-state index in [1.54, 1.807) is 18.2 Å². The number of benzene rings is 2. The molecule has 23 heavy (non-hydrogen) atoms. The number of aryl methyl sites for hydroxylation is 1. The molecular weight excluding hydrogens is 290 g/mol. The fourth-order valence-electron chi connectivity index (χ4n) is 2.20. The zero-order chi connectivity index (χ0) is 16.7. The van der Waals surface area contributed by atoms with E-state index in [1.165, 1.54) is 0 Å². The fourth-order valence-corrected chi connectivity index (χ4v) is 2.20. The second-order valence-corrected chi connectivity index (χ2v) is 5.56. The summed E-state index contributed by atoms with van der Waals surface area (Å²) < 4.78 is 5.03. The van der Waals surface area contributed by atoms with Gasteiger partial charge in [-0.25, -0.2) is 4.79 Å². The molecule has 0 saturated heterocycles. The Bertz CT molecular complexity index is 667. The van der Waals surface area contributed by atoms with Crippen LogP contribution in [0.5, 0.6) is 0 Å². The summed E-state index contributed by atoms with van der Waals surface area (Å²) in [5.74, 6) is -0.582. The minimum Gasteiger partial charge on any atom is -0.452 e. The van der Waals surface area contributed by atoms with Crippen LogP contribution in [-0.4, -0.2) is 25.0 Å². The van der Waals surface area contributed by atoms with Gasteiger partial charge in [-0.2, -0.15) is 0 Å². The minimum atomic E-state index is -0.486. The summed E-state index contributed by atoms with van der Waals surface area (Å²) in [4.78, 5) is 23.7. The van der Waals surface area contributed by atoms with Crippen molar-refractivity contribution in [3.05, 3.63) is 71.3 Å². The van der Waals surface area contributed by atoms with E-state index in [9.17, 15) is 9.59 Å². The SMILES string of the molecule is Cc1cccc(C(=O)OCC(=O)NC[C@H](C)c2ccccc2)c1. The first-order chi connectivity index (χ1) is 11.1. The zero-order valence-electron chi connectivity index (χ0n) is 13.4. The molecule has 0 bridgehead atoms. The first kappa shape index (κ1) is 16.7. The molecule has 4 nitrogen and oxygen atoms in total. The van der Waals surface area contributed by atoms with Crippen LogP contribution in [0.15, 0.2) is 54.6 Å². The Hall–Kier alpha value is -2.62. The van der Waals surface area contributed by atoms with Crippen molar-refractivity contribution in [2.45, 2.75) is 19.8 Å². The number of amides is 1. The molecule has 2 aromatic rings. The molecule has 1 amide bonds. The number of ether oxygens (including phenoxy) is 1.